The first kappa shape index (κ1) is 24.0. The molecule has 0 aromatic heterocycles. The van der Waals surface area contributed by atoms with Crippen LogP contribution in [0.1, 0.15) is 18.1 Å². The molecule has 0 unspecified atom stereocenters. The predicted octanol–water partition coefficient (Wildman–Crippen LogP) is 2.65. The van der Waals surface area contributed by atoms with Crippen molar-refractivity contribution in [3.05, 3.63) is 47.5 Å². The first-order valence-corrected chi connectivity index (χ1v) is 11.9. The molecule has 2 aromatic carbocycles. The molecule has 1 fully saturated rings. The van der Waals surface area contributed by atoms with Crippen LogP contribution >= 0.6 is 0 Å². The standard InChI is InChI=1S/C23H31N3O5S/c1-16-6-7-17(2)22(12-16)32(28,29)26-10-8-25(9-11-26)18(3)23(27)24-19-13-20(30-4)15-21(14-19)31-5/h6-7,12-15,18H,8-11H2,1-5H3,(H,24,27)/t18-/m1/s1. The van der Waals surface area contributed by atoms with Crippen molar-refractivity contribution in [1.82, 2.24) is 9.21 Å². The Morgan fingerprint density at radius 2 is 1.56 bits per heavy atom. The highest BCUT2D eigenvalue weighted by atomic mass is 32.2. The first-order chi connectivity index (χ1) is 15.1. The van der Waals surface area contributed by atoms with Gasteiger partial charge in [-0.1, -0.05) is 12.1 Å². The van der Waals surface area contributed by atoms with Gasteiger partial charge in [-0.3, -0.25) is 9.69 Å². The molecule has 1 amide bonds. The number of piperazine rings is 1. The third kappa shape index (κ3) is 5.23. The van der Waals surface area contributed by atoms with Crippen LogP contribution in [0.3, 0.4) is 0 Å². The molecular formula is C23H31N3O5S. The van der Waals surface area contributed by atoms with Crippen molar-refractivity contribution in [3.8, 4) is 11.5 Å². The molecule has 2 aromatic rings. The van der Waals surface area contributed by atoms with Crippen molar-refractivity contribution in [2.24, 2.45) is 0 Å². The van der Waals surface area contributed by atoms with Gasteiger partial charge in [0.2, 0.25) is 15.9 Å². The number of ether oxygens (including phenoxy) is 2. The summed E-state index contributed by atoms with van der Waals surface area (Å²) in [6.45, 7) is 7.12. The fraction of sp³-hybridized carbons (Fsp3) is 0.435. The summed E-state index contributed by atoms with van der Waals surface area (Å²) in [6, 6.07) is 10.2. The van der Waals surface area contributed by atoms with Crippen molar-refractivity contribution in [2.75, 3.05) is 45.7 Å². The number of nitrogens with zero attached hydrogens (tertiary/aromatic N) is 2. The zero-order valence-corrected chi connectivity index (χ0v) is 20.0. The first-order valence-electron chi connectivity index (χ1n) is 10.5. The molecular weight excluding hydrogens is 430 g/mol. The summed E-state index contributed by atoms with van der Waals surface area (Å²) in [4.78, 5) is 15.2. The molecule has 1 aliphatic heterocycles. The quantitative estimate of drug-likeness (QED) is 0.682. The number of hydrogen-bond acceptors (Lipinski definition) is 6. The van der Waals surface area contributed by atoms with E-state index in [1.807, 2.05) is 37.8 Å². The lowest BCUT2D eigenvalue weighted by atomic mass is 10.2. The van der Waals surface area contributed by atoms with Gasteiger partial charge in [-0.05, 0) is 38.0 Å². The summed E-state index contributed by atoms with van der Waals surface area (Å²) in [5.74, 6) is 0.987. The van der Waals surface area contributed by atoms with Gasteiger partial charge < -0.3 is 14.8 Å². The number of amides is 1. The number of anilines is 1. The summed E-state index contributed by atoms with van der Waals surface area (Å²) >= 11 is 0. The minimum absolute atomic E-state index is 0.175. The molecule has 3 rings (SSSR count). The van der Waals surface area contributed by atoms with E-state index in [0.29, 0.717) is 48.3 Å². The van der Waals surface area contributed by atoms with Crippen LogP contribution in [-0.4, -0.2) is 70.0 Å². The van der Waals surface area contributed by atoms with Gasteiger partial charge in [0.25, 0.3) is 0 Å². The van der Waals surface area contributed by atoms with Crippen molar-refractivity contribution in [1.29, 1.82) is 0 Å². The van der Waals surface area contributed by atoms with Crippen LogP contribution in [0.4, 0.5) is 5.69 Å². The SMILES string of the molecule is COc1cc(NC(=O)[C@@H](C)N2CCN(S(=O)(=O)c3cc(C)ccc3C)CC2)cc(OC)c1. The summed E-state index contributed by atoms with van der Waals surface area (Å²) in [7, 11) is -0.469. The normalized spacial score (nSPS) is 16.4. The van der Waals surface area contributed by atoms with Crippen molar-refractivity contribution >= 4 is 21.6 Å². The maximum absolute atomic E-state index is 13.1. The van der Waals surface area contributed by atoms with E-state index >= 15 is 0 Å². The molecule has 0 saturated carbocycles. The Bertz CT molecular complexity index is 1060. The second kappa shape index (κ2) is 9.89. The molecule has 1 aliphatic rings. The number of carbonyl (C=O) groups excluding carboxylic acids is 1. The third-order valence-electron chi connectivity index (χ3n) is 5.78. The molecule has 8 nitrogen and oxygen atoms in total. The number of aryl methyl sites for hydroxylation is 2. The third-order valence-corrected chi connectivity index (χ3v) is 7.82. The highest BCUT2D eigenvalue weighted by Crippen LogP contribution is 2.26. The number of hydrogen-bond donors (Lipinski definition) is 1. The van der Waals surface area contributed by atoms with Gasteiger partial charge in [-0.25, -0.2) is 8.42 Å². The molecule has 1 atom stereocenters. The Kier molecular flexibility index (Phi) is 7.43. The van der Waals surface area contributed by atoms with Crippen molar-refractivity contribution in [2.45, 2.75) is 31.7 Å². The lowest BCUT2D eigenvalue weighted by Gasteiger charge is -2.37. The summed E-state index contributed by atoms with van der Waals surface area (Å²) in [5.41, 5.74) is 2.22. The van der Waals surface area contributed by atoms with Crippen LogP contribution in [0.2, 0.25) is 0 Å². The fourth-order valence-corrected chi connectivity index (χ4v) is 5.48. The largest absolute Gasteiger partial charge is 0.497 e. The van der Waals surface area contributed by atoms with Gasteiger partial charge in [-0.2, -0.15) is 4.31 Å². The number of sulfonamides is 1. The van der Waals surface area contributed by atoms with E-state index in [2.05, 4.69) is 5.32 Å². The van der Waals surface area contributed by atoms with Crippen LogP contribution in [-0.2, 0) is 14.8 Å². The maximum Gasteiger partial charge on any atom is 0.243 e. The Morgan fingerprint density at radius 1 is 0.969 bits per heavy atom. The molecule has 0 radical (unpaired) electrons. The minimum atomic E-state index is -3.57. The van der Waals surface area contributed by atoms with Crippen LogP contribution in [0.5, 0.6) is 11.5 Å². The second-order valence-corrected chi connectivity index (χ2v) is 9.88. The van der Waals surface area contributed by atoms with Gasteiger partial charge in [0, 0.05) is 50.1 Å². The molecule has 32 heavy (non-hydrogen) atoms. The van der Waals surface area contributed by atoms with E-state index in [1.54, 1.807) is 38.5 Å². The van der Waals surface area contributed by atoms with E-state index < -0.39 is 16.1 Å². The smallest absolute Gasteiger partial charge is 0.243 e. The molecule has 174 valence electrons. The van der Waals surface area contributed by atoms with E-state index in [1.165, 1.54) is 4.31 Å². The molecule has 1 heterocycles. The zero-order valence-electron chi connectivity index (χ0n) is 19.2. The van der Waals surface area contributed by atoms with E-state index in [-0.39, 0.29) is 5.91 Å². The number of rotatable bonds is 7. The molecule has 1 saturated heterocycles. The topological polar surface area (TPSA) is 88.2 Å². The molecule has 0 spiro atoms. The van der Waals surface area contributed by atoms with E-state index in [0.717, 1.165) is 11.1 Å². The van der Waals surface area contributed by atoms with Gasteiger partial charge in [0.05, 0.1) is 25.2 Å². The molecule has 9 heteroatoms. The average molecular weight is 462 g/mol. The Balaban J connectivity index is 1.64. The number of methoxy groups -OCH3 is 2. The number of benzene rings is 2. The van der Waals surface area contributed by atoms with Crippen LogP contribution < -0.4 is 14.8 Å². The second-order valence-electron chi connectivity index (χ2n) is 7.98. The van der Waals surface area contributed by atoms with Crippen LogP contribution in [0.25, 0.3) is 0 Å². The highest BCUT2D eigenvalue weighted by molar-refractivity contribution is 7.89. The average Bonchev–Trinajstić information content (AvgIpc) is 2.79. The van der Waals surface area contributed by atoms with E-state index in [4.69, 9.17) is 9.47 Å². The van der Waals surface area contributed by atoms with E-state index in [9.17, 15) is 13.2 Å². The minimum Gasteiger partial charge on any atom is -0.497 e. The summed E-state index contributed by atoms with van der Waals surface area (Å²) in [5, 5.41) is 2.90. The Labute approximate surface area is 190 Å². The molecule has 1 N–H and O–H groups in total. The summed E-state index contributed by atoms with van der Waals surface area (Å²) in [6.07, 6.45) is 0. The Hall–Kier alpha value is -2.62. The maximum atomic E-state index is 13.1. The fourth-order valence-electron chi connectivity index (χ4n) is 3.75. The van der Waals surface area contributed by atoms with Gasteiger partial charge in [0.1, 0.15) is 11.5 Å². The lowest BCUT2D eigenvalue weighted by molar-refractivity contribution is -0.121. The lowest BCUT2D eigenvalue weighted by Crippen LogP contribution is -2.54. The van der Waals surface area contributed by atoms with Crippen LogP contribution in [0.15, 0.2) is 41.3 Å². The molecule has 0 bridgehead atoms. The highest BCUT2D eigenvalue weighted by Gasteiger charge is 2.32. The summed E-state index contributed by atoms with van der Waals surface area (Å²) < 4.78 is 38.3. The monoisotopic (exact) mass is 461 g/mol. The van der Waals surface area contributed by atoms with Gasteiger partial charge >= 0.3 is 0 Å². The Morgan fingerprint density at radius 3 is 2.12 bits per heavy atom. The number of carbonyl (C=O) groups is 1. The number of nitrogens with one attached hydrogen (secondary N) is 1. The predicted molar refractivity (Wildman–Crippen MR) is 124 cm³/mol. The van der Waals surface area contributed by atoms with Gasteiger partial charge in [0.15, 0.2) is 0 Å². The van der Waals surface area contributed by atoms with Gasteiger partial charge in [-0.15, -0.1) is 0 Å². The van der Waals surface area contributed by atoms with Crippen molar-refractivity contribution < 1.29 is 22.7 Å². The zero-order chi connectivity index (χ0) is 23.5. The van der Waals surface area contributed by atoms with Crippen molar-refractivity contribution in [3.63, 3.8) is 0 Å². The molecule has 0 aliphatic carbocycles. The van der Waals surface area contributed by atoms with Crippen LogP contribution in [0, 0.1) is 13.8 Å².